The maximum absolute atomic E-state index is 5.52. The van der Waals surface area contributed by atoms with Crippen LogP contribution in [-0.4, -0.2) is 29.8 Å². The minimum atomic E-state index is 0.423. The lowest BCUT2D eigenvalue weighted by Crippen LogP contribution is -2.27. The minimum absolute atomic E-state index is 0.423. The number of aromatic nitrogens is 2. The van der Waals surface area contributed by atoms with E-state index in [1.54, 1.807) is 0 Å². The summed E-state index contributed by atoms with van der Waals surface area (Å²) in [6.45, 7) is 2.83. The zero-order valence-corrected chi connectivity index (χ0v) is 11.3. The average Bonchev–Trinajstić information content (AvgIpc) is 3.16. The Balaban J connectivity index is 1.61. The van der Waals surface area contributed by atoms with Gasteiger partial charge < -0.3 is 14.6 Å². The van der Waals surface area contributed by atoms with Crippen LogP contribution in [0.5, 0.6) is 5.75 Å². The van der Waals surface area contributed by atoms with Crippen LogP contribution in [0.25, 0.3) is 11.5 Å². The van der Waals surface area contributed by atoms with Gasteiger partial charge in [-0.1, -0.05) is 5.16 Å². The zero-order valence-electron chi connectivity index (χ0n) is 11.3. The molecule has 104 valence electrons. The van der Waals surface area contributed by atoms with E-state index in [9.17, 15) is 0 Å². The topological polar surface area (TPSA) is 60.2 Å². The summed E-state index contributed by atoms with van der Waals surface area (Å²) in [4.78, 5) is 4.58. The fourth-order valence-electron chi connectivity index (χ4n) is 2.92. The Bertz CT molecular complexity index is 617. The highest BCUT2D eigenvalue weighted by Gasteiger charge is 2.22. The van der Waals surface area contributed by atoms with Gasteiger partial charge in [0.15, 0.2) is 5.82 Å². The Hall–Kier alpha value is -1.88. The highest BCUT2D eigenvalue weighted by atomic mass is 16.5. The van der Waals surface area contributed by atoms with Crippen molar-refractivity contribution in [3.05, 3.63) is 29.6 Å². The first-order valence-electron chi connectivity index (χ1n) is 7.20. The number of ether oxygens (including phenoxy) is 1. The number of rotatable bonds is 2. The van der Waals surface area contributed by atoms with Gasteiger partial charge in [-0.15, -0.1) is 0 Å². The molecule has 0 atom stereocenters. The first kappa shape index (κ1) is 11.9. The summed E-state index contributed by atoms with van der Waals surface area (Å²) in [6.07, 6.45) is 3.12. The lowest BCUT2D eigenvalue weighted by molar-refractivity contribution is 0.357. The van der Waals surface area contributed by atoms with Gasteiger partial charge in [0.1, 0.15) is 5.75 Å². The minimum Gasteiger partial charge on any atom is -0.493 e. The van der Waals surface area contributed by atoms with E-state index in [1.807, 2.05) is 12.1 Å². The largest absolute Gasteiger partial charge is 0.493 e. The molecular formula is C15H17N3O2. The van der Waals surface area contributed by atoms with E-state index in [-0.39, 0.29) is 0 Å². The smallest absolute Gasteiger partial charge is 0.257 e. The molecule has 1 saturated heterocycles. The highest BCUT2D eigenvalue weighted by Crippen LogP contribution is 2.31. The van der Waals surface area contributed by atoms with Crippen molar-refractivity contribution >= 4 is 0 Å². The number of hydrogen-bond acceptors (Lipinski definition) is 5. The fraction of sp³-hybridized carbons (Fsp3) is 0.467. The quantitative estimate of drug-likeness (QED) is 0.906. The first-order valence-corrected chi connectivity index (χ1v) is 7.20. The first-order chi connectivity index (χ1) is 9.90. The predicted molar refractivity (Wildman–Crippen MR) is 73.8 cm³/mol. The van der Waals surface area contributed by atoms with Crippen molar-refractivity contribution in [1.82, 2.24) is 15.5 Å². The Morgan fingerprint density at radius 1 is 1.20 bits per heavy atom. The maximum atomic E-state index is 5.52. The summed E-state index contributed by atoms with van der Waals surface area (Å²) in [5.74, 6) is 2.87. The van der Waals surface area contributed by atoms with Crippen molar-refractivity contribution < 1.29 is 9.26 Å². The van der Waals surface area contributed by atoms with Gasteiger partial charge in [-0.25, -0.2) is 0 Å². The van der Waals surface area contributed by atoms with Crippen LogP contribution >= 0.6 is 0 Å². The SMILES string of the molecule is c1cc2c(cc1-c1nc(C3CCNCC3)no1)CCO2. The third-order valence-corrected chi connectivity index (χ3v) is 4.08. The van der Waals surface area contributed by atoms with Gasteiger partial charge in [-0.05, 0) is 49.7 Å². The van der Waals surface area contributed by atoms with E-state index in [4.69, 9.17) is 9.26 Å². The van der Waals surface area contributed by atoms with E-state index in [0.717, 1.165) is 56.1 Å². The summed E-state index contributed by atoms with van der Waals surface area (Å²) in [6, 6.07) is 6.08. The molecule has 0 aliphatic carbocycles. The van der Waals surface area contributed by atoms with E-state index in [0.29, 0.717) is 11.8 Å². The molecule has 20 heavy (non-hydrogen) atoms. The summed E-state index contributed by atoms with van der Waals surface area (Å²) in [5, 5.41) is 7.52. The second kappa shape index (κ2) is 4.90. The molecule has 0 saturated carbocycles. The van der Waals surface area contributed by atoms with Gasteiger partial charge in [-0.2, -0.15) is 4.98 Å². The second-order valence-corrected chi connectivity index (χ2v) is 5.40. The van der Waals surface area contributed by atoms with Crippen LogP contribution in [0.15, 0.2) is 22.7 Å². The number of benzene rings is 1. The molecule has 2 aliphatic rings. The third-order valence-electron chi connectivity index (χ3n) is 4.08. The molecule has 4 rings (SSSR count). The number of nitrogens with one attached hydrogen (secondary N) is 1. The van der Waals surface area contributed by atoms with Gasteiger partial charge in [0.2, 0.25) is 0 Å². The van der Waals surface area contributed by atoms with Gasteiger partial charge in [0, 0.05) is 17.9 Å². The molecule has 0 amide bonds. The van der Waals surface area contributed by atoms with Crippen molar-refractivity contribution in [2.24, 2.45) is 0 Å². The maximum Gasteiger partial charge on any atom is 0.257 e. The lowest BCUT2D eigenvalue weighted by atomic mass is 9.98. The van der Waals surface area contributed by atoms with Crippen molar-refractivity contribution in [3.63, 3.8) is 0 Å². The molecule has 1 fully saturated rings. The van der Waals surface area contributed by atoms with Crippen LogP contribution in [0.4, 0.5) is 0 Å². The molecule has 0 bridgehead atoms. The number of nitrogens with zero attached hydrogens (tertiary/aromatic N) is 2. The number of fused-ring (bicyclic) bond motifs is 1. The normalized spacial score (nSPS) is 18.8. The van der Waals surface area contributed by atoms with Crippen molar-refractivity contribution in [1.29, 1.82) is 0 Å². The molecule has 1 N–H and O–H groups in total. The van der Waals surface area contributed by atoms with Crippen LogP contribution in [0.2, 0.25) is 0 Å². The van der Waals surface area contributed by atoms with Crippen molar-refractivity contribution in [2.45, 2.75) is 25.2 Å². The summed E-state index contributed by atoms with van der Waals surface area (Å²) < 4.78 is 11.0. The van der Waals surface area contributed by atoms with E-state index < -0.39 is 0 Å². The highest BCUT2D eigenvalue weighted by molar-refractivity contribution is 5.58. The Labute approximate surface area is 117 Å². The Morgan fingerprint density at radius 3 is 3.00 bits per heavy atom. The van der Waals surface area contributed by atoms with Crippen LogP contribution in [-0.2, 0) is 6.42 Å². The number of hydrogen-bond donors (Lipinski definition) is 1. The molecular weight excluding hydrogens is 254 g/mol. The predicted octanol–water partition coefficient (Wildman–Crippen LogP) is 2.14. The molecule has 0 radical (unpaired) electrons. The second-order valence-electron chi connectivity index (χ2n) is 5.40. The van der Waals surface area contributed by atoms with Gasteiger partial charge in [0.25, 0.3) is 5.89 Å². The monoisotopic (exact) mass is 271 g/mol. The number of piperidine rings is 1. The molecule has 1 aromatic carbocycles. The van der Waals surface area contributed by atoms with Crippen molar-refractivity contribution in [3.8, 4) is 17.2 Å². The average molecular weight is 271 g/mol. The van der Waals surface area contributed by atoms with Gasteiger partial charge in [0.05, 0.1) is 6.61 Å². The van der Waals surface area contributed by atoms with Crippen molar-refractivity contribution in [2.75, 3.05) is 19.7 Å². The fourth-order valence-corrected chi connectivity index (χ4v) is 2.92. The molecule has 5 nitrogen and oxygen atoms in total. The Morgan fingerprint density at radius 2 is 2.10 bits per heavy atom. The lowest BCUT2D eigenvalue weighted by Gasteiger charge is -2.18. The van der Waals surface area contributed by atoms with Crippen LogP contribution < -0.4 is 10.1 Å². The standard InChI is InChI=1S/C15H17N3O2/c1-2-13-11(5-8-19-13)9-12(1)15-17-14(18-20-15)10-3-6-16-7-4-10/h1-2,9-10,16H,3-8H2. The molecule has 1 aromatic heterocycles. The van der Waals surface area contributed by atoms with Crippen LogP contribution in [0, 0.1) is 0 Å². The zero-order chi connectivity index (χ0) is 13.4. The molecule has 0 spiro atoms. The summed E-state index contributed by atoms with van der Waals surface area (Å²) >= 11 is 0. The third kappa shape index (κ3) is 2.08. The van der Waals surface area contributed by atoms with E-state index in [2.05, 4.69) is 21.5 Å². The molecule has 0 unspecified atom stereocenters. The molecule has 3 heterocycles. The van der Waals surface area contributed by atoms with Gasteiger partial charge in [-0.3, -0.25) is 0 Å². The molecule has 5 heteroatoms. The summed E-state index contributed by atoms with van der Waals surface area (Å²) in [7, 11) is 0. The van der Waals surface area contributed by atoms with E-state index in [1.165, 1.54) is 5.56 Å². The molecule has 2 aromatic rings. The van der Waals surface area contributed by atoms with Crippen LogP contribution in [0.1, 0.15) is 30.1 Å². The van der Waals surface area contributed by atoms with E-state index >= 15 is 0 Å². The van der Waals surface area contributed by atoms with Crippen LogP contribution in [0.3, 0.4) is 0 Å². The Kier molecular flexibility index (Phi) is 2.92. The van der Waals surface area contributed by atoms with Gasteiger partial charge >= 0.3 is 0 Å². The summed E-state index contributed by atoms with van der Waals surface area (Å²) in [5.41, 5.74) is 2.21. The molecule has 2 aliphatic heterocycles.